The monoisotopic (exact) mass is 210 g/mol. The second kappa shape index (κ2) is 10.9. The largest absolute Gasteiger partial charge is 2.00 e. The zero-order valence-electron chi connectivity index (χ0n) is 8.63. The Balaban J connectivity index is -0.0000000104. The van der Waals surface area contributed by atoms with Crippen LogP contribution in [0.2, 0.25) is 0 Å². The van der Waals surface area contributed by atoms with Gasteiger partial charge in [0.1, 0.15) is 0 Å². The van der Waals surface area contributed by atoms with Crippen LogP contribution < -0.4 is 29.6 Å². The average molecular weight is 210 g/mol. The molecule has 0 aliphatic carbocycles. The molecule has 0 aliphatic heterocycles. The normalized spacial score (nSPS) is 7.45. The van der Waals surface area contributed by atoms with E-state index in [4.69, 9.17) is 32.5 Å². The predicted molar refractivity (Wildman–Crippen MR) is 33.9 cm³/mol. The summed E-state index contributed by atoms with van der Waals surface area (Å²) in [6.45, 7) is 0. The van der Waals surface area contributed by atoms with Crippen LogP contribution in [0.15, 0.2) is 0 Å². The van der Waals surface area contributed by atoms with Gasteiger partial charge >= 0.3 is 69.2 Å². The van der Waals surface area contributed by atoms with Gasteiger partial charge in [0.05, 0.1) is 0 Å². The molecule has 0 heterocycles. The fraction of sp³-hybridized carbons (Fsp3) is 0. The van der Waals surface area contributed by atoms with Gasteiger partial charge in [-0.2, -0.15) is 8.42 Å². The molecule has 0 spiro atoms. The Labute approximate surface area is 105 Å². The van der Waals surface area contributed by atoms with Gasteiger partial charge in [-0.3, -0.25) is 9.11 Å². The molecule has 0 aromatic carbocycles. The van der Waals surface area contributed by atoms with Crippen LogP contribution in [-0.4, -0.2) is 56.9 Å². The van der Waals surface area contributed by atoms with Gasteiger partial charge in [0.15, 0.2) is 0 Å². The molecule has 0 saturated carbocycles. The minimum atomic E-state index is -4.67. The summed E-state index contributed by atoms with van der Waals surface area (Å²) in [5.41, 5.74) is 0. The van der Waals surface area contributed by atoms with Crippen LogP contribution in [0.25, 0.3) is 0 Å². The molecule has 0 radical (unpaired) electrons. The van der Waals surface area contributed by atoms with Crippen LogP contribution in [0.5, 0.6) is 0 Å². The minimum absolute atomic E-state index is 0. The van der Waals surface area contributed by atoms with Crippen molar-refractivity contribution in [2.45, 2.75) is 0 Å². The fourth-order valence-electron chi connectivity index (χ4n) is 0. The van der Waals surface area contributed by atoms with Crippen molar-refractivity contribution in [3.05, 3.63) is 0 Å². The molecule has 11 heavy (non-hydrogen) atoms. The minimum Gasteiger partial charge on any atom is -1.00 e. The van der Waals surface area contributed by atoms with E-state index in [1.807, 2.05) is 0 Å². The predicted octanol–water partition coefficient (Wildman–Crippen LogP) is -3.47. The van der Waals surface area contributed by atoms with Crippen LogP contribution in [-0.2, 0) is 10.4 Å². The summed E-state index contributed by atoms with van der Waals surface area (Å²) in [4.78, 5) is 8.56. The van der Waals surface area contributed by atoms with Gasteiger partial charge in [0, 0.05) is 0 Å². The van der Waals surface area contributed by atoms with Crippen molar-refractivity contribution in [1.82, 2.24) is 0 Å². The number of carbonyl (C=O) groups is 1. The van der Waals surface area contributed by atoms with Crippen LogP contribution >= 0.6 is 0 Å². The smallest absolute Gasteiger partial charge is 1.00 e. The maximum atomic E-state index is 8.74. The summed E-state index contributed by atoms with van der Waals surface area (Å²) in [5.74, 6) is 0. The molecular weight excluding hydrogens is 203 g/mol. The van der Waals surface area contributed by atoms with E-state index in [2.05, 4.69) is 0 Å². The van der Waals surface area contributed by atoms with Crippen molar-refractivity contribution < 1.29 is 66.4 Å². The first-order chi connectivity index (χ1) is 3.73. The Morgan fingerprint density at radius 3 is 1.18 bits per heavy atom. The molecule has 0 bridgehead atoms. The maximum Gasteiger partial charge on any atom is 2.00 e. The fourth-order valence-corrected chi connectivity index (χ4v) is 0. The molecule has 0 saturated heterocycles. The van der Waals surface area contributed by atoms with Crippen molar-refractivity contribution in [3.8, 4) is 0 Å². The summed E-state index contributed by atoms with van der Waals surface area (Å²) in [6, 6.07) is 0. The van der Waals surface area contributed by atoms with E-state index in [0.717, 1.165) is 0 Å². The number of rotatable bonds is 0. The van der Waals surface area contributed by atoms with Crippen molar-refractivity contribution >= 4 is 39.6 Å². The number of hydrogen-bond donors (Lipinski definition) is 4. The molecule has 0 atom stereocenters. The van der Waals surface area contributed by atoms with Gasteiger partial charge in [-0.15, -0.1) is 0 Å². The zero-order valence-corrected chi connectivity index (χ0v) is 9.86. The van der Waals surface area contributed by atoms with Crippen molar-refractivity contribution in [1.29, 1.82) is 0 Å². The summed E-state index contributed by atoms with van der Waals surface area (Å²) >= 11 is 0. The standard InChI is InChI=1S/CH2O3.Mg.Na.H2O4S.3H/c2-1(3)4;;;1-5(2,3)4;;;/h(H2,2,3,4);;;(H2,1,2,3,4);;;/q;+2;+1;;3*-1. The molecule has 4 N–H and O–H groups in total. The van der Waals surface area contributed by atoms with Crippen molar-refractivity contribution in [2.24, 2.45) is 0 Å². The Morgan fingerprint density at radius 2 is 1.18 bits per heavy atom. The van der Waals surface area contributed by atoms with E-state index in [1.165, 1.54) is 0 Å². The van der Waals surface area contributed by atoms with Crippen LogP contribution in [0.3, 0.4) is 0 Å². The van der Waals surface area contributed by atoms with Gasteiger partial charge < -0.3 is 14.5 Å². The quantitative estimate of drug-likeness (QED) is 0.241. The maximum absolute atomic E-state index is 8.74. The number of carboxylic acid groups (broad SMARTS) is 2. The number of hydrogen-bond acceptors (Lipinski definition) is 3. The molecule has 0 aromatic rings. The van der Waals surface area contributed by atoms with Crippen LogP contribution in [0.4, 0.5) is 4.79 Å². The Kier molecular flexibility index (Phi) is 22.5. The molecule has 7 nitrogen and oxygen atoms in total. The Bertz CT molecular complexity index is 171. The summed E-state index contributed by atoms with van der Waals surface area (Å²) in [6.07, 6.45) is -1.83. The third kappa shape index (κ3) is 1050. The van der Waals surface area contributed by atoms with E-state index < -0.39 is 16.6 Å². The van der Waals surface area contributed by atoms with E-state index in [1.54, 1.807) is 0 Å². The van der Waals surface area contributed by atoms with Crippen LogP contribution in [0.1, 0.15) is 4.28 Å². The van der Waals surface area contributed by atoms with Gasteiger partial charge in [0.2, 0.25) is 0 Å². The molecule has 0 fully saturated rings. The van der Waals surface area contributed by atoms with Crippen molar-refractivity contribution in [3.63, 3.8) is 0 Å². The molecule has 62 valence electrons. The summed E-state index contributed by atoms with van der Waals surface area (Å²) in [5, 5.41) is 13.9. The molecule has 0 unspecified atom stereocenters. The van der Waals surface area contributed by atoms with Gasteiger partial charge in [0.25, 0.3) is 0 Å². The molecule has 10 heteroatoms. The third-order valence-corrected chi connectivity index (χ3v) is 0. The molecule has 0 aromatic heterocycles. The van der Waals surface area contributed by atoms with E-state index >= 15 is 0 Å². The molecule has 0 rings (SSSR count). The third-order valence-electron chi connectivity index (χ3n) is 0. The first-order valence-electron chi connectivity index (χ1n) is 1.35. The van der Waals surface area contributed by atoms with Gasteiger partial charge in [-0.25, -0.2) is 4.79 Å². The first-order valence-corrected chi connectivity index (χ1v) is 2.75. The molecular formula is CH7MgNaO7S. The second-order valence-corrected chi connectivity index (χ2v) is 1.63. The van der Waals surface area contributed by atoms with Crippen LogP contribution in [0, 0.1) is 0 Å². The van der Waals surface area contributed by atoms with E-state index in [9.17, 15) is 0 Å². The van der Waals surface area contributed by atoms with Gasteiger partial charge in [-0.05, 0) is 0 Å². The molecule has 0 aliphatic rings. The van der Waals surface area contributed by atoms with E-state index in [0.29, 0.717) is 0 Å². The topological polar surface area (TPSA) is 132 Å². The average Bonchev–Trinajstić information content (AvgIpc) is 1.19. The Hall–Kier alpha value is 0.906. The SMILES string of the molecule is O=C(O)O.O=S(=O)(O)O.[H-].[H-].[H-].[Mg+2].[Na+]. The Morgan fingerprint density at radius 1 is 1.18 bits per heavy atom. The summed E-state index contributed by atoms with van der Waals surface area (Å²) < 4.78 is 31.6. The first kappa shape index (κ1) is 22.7. The van der Waals surface area contributed by atoms with E-state index in [-0.39, 0.29) is 56.9 Å². The zero-order chi connectivity index (χ0) is 8.08. The van der Waals surface area contributed by atoms with Crippen molar-refractivity contribution in [2.75, 3.05) is 0 Å². The molecule has 0 amide bonds. The van der Waals surface area contributed by atoms with Gasteiger partial charge in [-0.1, -0.05) is 0 Å². The summed E-state index contributed by atoms with van der Waals surface area (Å²) in [7, 11) is -4.67. The second-order valence-electron chi connectivity index (χ2n) is 0.730.